The Hall–Kier alpha value is -1.50. The van der Waals surface area contributed by atoms with Crippen LogP contribution < -0.4 is 5.32 Å². The van der Waals surface area contributed by atoms with Crippen LogP contribution in [-0.2, 0) is 10.8 Å². The highest BCUT2D eigenvalue weighted by Crippen LogP contribution is 2.27. The summed E-state index contributed by atoms with van der Waals surface area (Å²) in [6.07, 6.45) is 5.25. The lowest BCUT2D eigenvalue weighted by atomic mass is 9.95. The number of anilines is 1. The van der Waals surface area contributed by atoms with E-state index in [1.165, 1.54) is 12.3 Å². The standard InChI is InChI=1S/C14H21N3O3S/c1-3-21(20)13-6-4-5-11(8-13)16-14-10(2)7-12(9-15-14)17(18)19/h7,9,11,13H,3-6,8H2,1-2H3,(H,15,16)/t11-,13+,21-/m0/s1. The Bertz CT molecular complexity index is 550. The van der Waals surface area contributed by atoms with Crippen molar-refractivity contribution in [1.82, 2.24) is 4.98 Å². The Morgan fingerprint density at radius 1 is 1.52 bits per heavy atom. The number of pyridine rings is 1. The molecule has 1 fully saturated rings. The first-order chi connectivity index (χ1) is 10.0. The molecule has 1 N–H and O–H groups in total. The van der Waals surface area contributed by atoms with E-state index in [1.807, 2.05) is 13.8 Å². The molecular formula is C14H21N3O3S. The van der Waals surface area contributed by atoms with Crippen LogP contribution in [0.4, 0.5) is 11.5 Å². The summed E-state index contributed by atoms with van der Waals surface area (Å²) in [6, 6.07) is 1.77. The highest BCUT2D eigenvalue weighted by Gasteiger charge is 2.26. The van der Waals surface area contributed by atoms with E-state index in [9.17, 15) is 14.3 Å². The van der Waals surface area contributed by atoms with Crippen LogP contribution >= 0.6 is 0 Å². The SMILES string of the molecule is CC[S@](=O)[C@@H]1CCC[C@H](Nc2ncc([N+](=O)[O-])cc2C)C1. The minimum absolute atomic E-state index is 0.00616. The molecule has 0 bridgehead atoms. The van der Waals surface area contributed by atoms with Crippen molar-refractivity contribution in [2.24, 2.45) is 0 Å². The number of nitrogens with one attached hydrogen (secondary N) is 1. The maximum Gasteiger partial charge on any atom is 0.287 e. The molecule has 0 unspecified atom stereocenters. The van der Waals surface area contributed by atoms with E-state index in [1.54, 1.807) is 0 Å². The van der Waals surface area contributed by atoms with E-state index in [0.717, 1.165) is 31.2 Å². The summed E-state index contributed by atoms with van der Waals surface area (Å²) in [5.74, 6) is 1.39. The van der Waals surface area contributed by atoms with E-state index in [4.69, 9.17) is 0 Å². The summed E-state index contributed by atoms with van der Waals surface area (Å²) < 4.78 is 11.9. The lowest BCUT2D eigenvalue weighted by Gasteiger charge is -2.29. The van der Waals surface area contributed by atoms with Gasteiger partial charge in [-0.3, -0.25) is 14.3 Å². The molecule has 1 aromatic rings. The predicted octanol–water partition coefficient (Wildman–Crippen LogP) is 2.79. The molecule has 1 heterocycles. The summed E-state index contributed by atoms with van der Waals surface area (Å²) in [5, 5.41) is 14.3. The Morgan fingerprint density at radius 2 is 2.29 bits per heavy atom. The van der Waals surface area contributed by atoms with Crippen molar-refractivity contribution in [3.05, 3.63) is 27.9 Å². The molecule has 0 saturated heterocycles. The molecule has 21 heavy (non-hydrogen) atoms. The second-order valence-electron chi connectivity index (χ2n) is 5.42. The summed E-state index contributed by atoms with van der Waals surface area (Å²) >= 11 is 0. The first-order valence-electron chi connectivity index (χ1n) is 7.26. The summed E-state index contributed by atoms with van der Waals surface area (Å²) in [4.78, 5) is 14.4. The Labute approximate surface area is 127 Å². The van der Waals surface area contributed by atoms with Gasteiger partial charge >= 0.3 is 0 Å². The van der Waals surface area contributed by atoms with Gasteiger partial charge in [-0.1, -0.05) is 13.3 Å². The van der Waals surface area contributed by atoms with Crippen molar-refractivity contribution in [3.63, 3.8) is 0 Å². The fraction of sp³-hybridized carbons (Fsp3) is 0.643. The Morgan fingerprint density at radius 3 is 2.90 bits per heavy atom. The molecule has 1 aliphatic rings. The second-order valence-corrected chi connectivity index (χ2v) is 7.42. The lowest BCUT2D eigenvalue weighted by molar-refractivity contribution is -0.385. The molecule has 116 valence electrons. The third-order valence-electron chi connectivity index (χ3n) is 3.90. The zero-order valence-electron chi connectivity index (χ0n) is 12.4. The Kier molecular flexibility index (Phi) is 5.27. The molecule has 3 atom stereocenters. The van der Waals surface area contributed by atoms with E-state index in [-0.39, 0.29) is 17.0 Å². The molecule has 0 radical (unpaired) electrons. The smallest absolute Gasteiger partial charge is 0.287 e. The highest BCUT2D eigenvalue weighted by atomic mass is 32.2. The summed E-state index contributed by atoms with van der Waals surface area (Å²) in [7, 11) is -0.757. The number of aromatic nitrogens is 1. The first kappa shape index (κ1) is 15.9. The van der Waals surface area contributed by atoms with Gasteiger partial charge < -0.3 is 5.32 Å². The van der Waals surface area contributed by atoms with Crippen molar-refractivity contribution in [2.75, 3.05) is 11.1 Å². The zero-order chi connectivity index (χ0) is 15.4. The van der Waals surface area contributed by atoms with Gasteiger partial charge in [0, 0.05) is 33.9 Å². The highest BCUT2D eigenvalue weighted by molar-refractivity contribution is 7.85. The molecule has 0 spiro atoms. The number of nitro groups is 1. The van der Waals surface area contributed by atoms with Gasteiger partial charge in [0.2, 0.25) is 0 Å². The largest absolute Gasteiger partial charge is 0.367 e. The van der Waals surface area contributed by atoms with Crippen molar-refractivity contribution in [1.29, 1.82) is 0 Å². The maximum atomic E-state index is 11.9. The van der Waals surface area contributed by atoms with E-state index in [0.29, 0.717) is 11.6 Å². The Balaban J connectivity index is 2.04. The summed E-state index contributed by atoms with van der Waals surface area (Å²) in [5.41, 5.74) is 0.773. The molecule has 0 aromatic carbocycles. The second kappa shape index (κ2) is 6.98. The molecule has 1 aromatic heterocycles. The quantitative estimate of drug-likeness (QED) is 0.667. The van der Waals surface area contributed by atoms with Gasteiger partial charge in [-0.15, -0.1) is 0 Å². The van der Waals surface area contributed by atoms with Crippen molar-refractivity contribution in [3.8, 4) is 0 Å². The molecular weight excluding hydrogens is 290 g/mol. The van der Waals surface area contributed by atoms with E-state index >= 15 is 0 Å². The number of aryl methyl sites for hydroxylation is 1. The molecule has 7 heteroatoms. The van der Waals surface area contributed by atoms with Crippen LogP contribution in [0.3, 0.4) is 0 Å². The number of nitrogens with zero attached hydrogens (tertiary/aromatic N) is 2. The van der Waals surface area contributed by atoms with Gasteiger partial charge in [-0.05, 0) is 31.7 Å². The third-order valence-corrected chi connectivity index (χ3v) is 5.64. The lowest BCUT2D eigenvalue weighted by Crippen LogP contribution is -2.33. The van der Waals surface area contributed by atoms with Crippen molar-refractivity contribution >= 4 is 22.3 Å². The van der Waals surface area contributed by atoms with Crippen LogP contribution in [0.5, 0.6) is 0 Å². The monoisotopic (exact) mass is 311 g/mol. The fourth-order valence-corrected chi connectivity index (χ4v) is 4.10. The van der Waals surface area contributed by atoms with E-state index in [2.05, 4.69) is 10.3 Å². The summed E-state index contributed by atoms with van der Waals surface area (Å²) in [6.45, 7) is 3.77. The molecule has 1 aliphatic carbocycles. The number of hydrogen-bond acceptors (Lipinski definition) is 5. The van der Waals surface area contributed by atoms with Crippen LogP contribution in [0.1, 0.15) is 38.2 Å². The van der Waals surface area contributed by atoms with Gasteiger partial charge in [0.1, 0.15) is 12.0 Å². The van der Waals surface area contributed by atoms with Crippen LogP contribution in [0, 0.1) is 17.0 Å². The van der Waals surface area contributed by atoms with Gasteiger partial charge in [-0.2, -0.15) is 0 Å². The minimum Gasteiger partial charge on any atom is -0.367 e. The molecule has 0 amide bonds. The van der Waals surface area contributed by atoms with Crippen LogP contribution in [0.15, 0.2) is 12.3 Å². The van der Waals surface area contributed by atoms with Gasteiger partial charge in [0.05, 0.1) is 4.92 Å². The third kappa shape index (κ3) is 4.00. The average molecular weight is 311 g/mol. The average Bonchev–Trinajstić information content (AvgIpc) is 2.48. The number of rotatable bonds is 5. The first-order valence-corrected chi connectivity index (χ1v) is 8.64. The van der Waals surface area contributed by atoms with Crippen LogP contribution in [-0.4, -0.2) is 31.2 Å². The molecule has 2 rings (SSSR count). The molecule has 6 nitrogen and oxygen atoms in total. The van der Waals surface area contributed by atoms with E-state index < -0.39 is 15.7 Å². The molecule has 1 saturated carbocycles. The van der Waals surface area contributed by atoms with Gasteiger partial charge in [0.25, 0.3) is 5.69 Å². The fourth-order valence-electron chi connectivity index (χ4n) is 2.75. The van der Waals surface area contributed by atoms with Gasteiger partial charge in [-0.25, -0.2) is 4.98 Å². The molecule has 0 aliphatic heterocycles. The van der Waals surface area contributed by atoms with Gasteiger partial charge in [0.15, 0.2) is 0 Å². The minimum atomic E-state index is -0.757. The van der Waals surface area contributed by atoms with Crippen molar-refractivity contribution in [2.45, 2.75) is 50.8 Å². The van der Waals surface area contributed by atoms with Crippen LogP contribution in [0.2, 0.25) is 0 Å². The zero-order valence-corrected chi connectivity index (χ0v) is 13.2. The number of hydrogen-bond donors (Lipinski definition) is 1. The topological polar surface area (TPSA) is 85.1 Å². The normalized spacial score (nSPS) is 23.5. The van der Waals surface area contributed by atoms with Crippen LogP contribution in [0.25, 0.3) is 0 Å². The maximum absolute atomic E-state index is 11.9. The predicted molar refractivity (Wildman–Crippen MR) is 84.0 cm³/mol. The van der Waals surface area contributed by atoms with Crippen molar-refractivity contribution < 1.29 is 9.13 Å².